The highest BCUT2D eigenvalue weighted by Gasteiger charge is 2.31. The van der Waals surface area contributed by atoms with Gasteiger partial charge in [0.2, 0.25) is 11.8 Å². The van der Waals surface area contributed by atoms with Crippen LogP contribution in [0.15, 0.2) is 52.9 Å². The summed E-state index contributed by atoms with van der Waals surface area (Å²) in [4.78, 5) is 2.18. The van der Waals surface area contributed by atoms with Crippen LogP contribution in [-0.2, 0) is 12.7 Å². The molecule has 2 heterocycles. The van der Waals surface area contributed by atoms with E-state index in [-0.39, 0.29) is 6.04 Å². The maximum Gasteiger partial charge on any atom is 0.416 e. The first kappa shape index (κ1) is 19.9. The maximum atomic E-state index is 12.8. The Morgan fingerprint density at radius 3 is 2.52 bits per heavy atom. The van der Waals surface area contributed by atoms with Crippen molar-refractivity contribution in [3.63, 3.8) is 0 Å². The van der Waals surface area contributed by atoms with Gasteiger partial charge in [-0.3, -0.25) is 4.90 Å². The number of piperidine rings is 1. The smallest absolute Gasteiger partial charge is 0.416 e. The second kappa shape index (κ2) is 8.16. The lowest BCUT2D eigenvalue weighted by Crippen LogP contribution is -2.33. The van der Waals surface area contributed by atoms with E-state index in [0.717, 1.165) is 43.5 Å². The molecule has 1 atom stereocenters. The van der Waals surface area contributed by atoms with Gasteiger partial charge in [0.05, 0.1) is 22.7 Å². The fourth-order valence-corrected chi connectivity index (χ4v) is 3.90. The topological polar surface area (TPSA) is 42.2 Å². The van der Waals surface area contributed by atoms with Crippen LogP contribution in [0, 0.1) is 0 Å². The predicted octanol–water partition coefficient (Wildman–Crippen LogP) is 6.14. The first-order chi connectivity index (χ1) is 13.9. The molecule has 3 aromatic rings. The highest BCUT2D eigenvalue weighted by atomic mass is 35.5. The van der Waals surface area contributed by atoms with Gasteiger partial charge in [-0.2, -0.15) is 13.2 Å². The van der Waals surface area contributed by atoms with Gasteiger partial charge in [-0.1, -0.05) is 42.3 Å². The number of alkyl halides is 3. The average Bonchev–Trinajstić information content (AvgIpc) is 3.16. The highest BCUT2D eigenvalue weighted by Crippen LogP contribution is 2.35. The lowest BCUT2D eigenvalue weighted by atomic mass is 9.94. The molecule has 1 aromatic heterocycles. The van der Waals surface area contributed by atoms with Gasteiger partial charge >= 0.3 is 6.18 Å². The van der Waals surface area contributed by atoms with Crippen molar-refractivity contribution in [1.29, 1.82) is 0 Å². The van der Waals surface area contributed by atoms with Crippen LogP contribution < -0.4 is 0 Å². The Balaban J connectivity index is 1.52. The molecule has 152 valence electrons. The van der Waals surface area contributed by atoms with Gasteiger partial charge in [-0.25, -0.2) is 0 Å². The molecule has 29 heavy (non-hydrogen) atoms. The summed E-state index contributed by atoms with van der Waals surface area (Å²) >= 11 is 6.19. The van der Waals surface area contributed by atoms with Crippen LogP contribution in [0.3, 0.4) is 0 Å². The summed E-state index contributed by atoms with van der Waals surface area (Å²) in [6.45, 7) is 1.25. The Hall–Kier alpha value is -2.38. The molecule has 4 nitrogen and oxygen atoms in total. The zero-order chi connectivity index (χ0) is 20.4. The molecular formula is C21H19ClF3N3O. The van der Waals surface area contributed by atoms with Gasteiger partial charge < -0.3 is 4.42 Å². The summed E-state index contributed by atoms with van der Waals surface area (Å²) in [7, 11) is 0. The largest absolute Gasteiger partial charge is 0.419 e. The molecule has 4 rings (SSSR count). The van der Waals surface area contributed by atoms with Crippen molar-refractivity contribution in [1.82, 2.24) is 15.1 Å². The van der Waals surface area contributed by atoms with Gasteiger partial charge in [0.15, 0.2) is 0 Å². The number of likely N-dealkylation sites (tertiary alicyclic amines) is 1. The second-order valence-electron chi connectivity index (χ2n) is 7.08. The number of aromatic nitrogens is 2. The van der Waals surface area contributed by atoms with Crippen LogP contribution in [0.1, 0.15) is 42.3 Å². The molecule has 1 aliphatic rings. The van der Waals surface area contributed by atoms with Crippen LogP contribution in [0.5, 0.6) is 0 Å². The third kappa shape index (κ3) is 4.46. The monoisotopic (exact) mass is 421 g/mol. The van der Waals surface area contributed by atoms with Crippen molar-refractivity contribution in [3.05, 3.63) is 70.6 Å². The van der Waals surface area contributed by atoms with Crippen molar-refractivity contribution >= 4 is 11.6 Å². The first-order valence-electron chi connectivity index (χ1n) is 9.40. The van der Waals surface area contributed by atoms with E-state index in [1.54, 1.807) is 18.2 Å². The number of hydrogen-bond donors (Lipinski definition) is 0. The average molecular weight is 422 g/mol. The molecule has 2 aromatic carbocycles. The third-order valence-electron chi connectivity index (χ3n) is 5.15. The van der Waals surface area contributed by atoms with Crippen molar-refractivity contribution in [2.75, 3.05) is 6.54 Å². The van der Waals surface area contributed by atoms with E-state index in [2.05, 4.69) is 15.1 Å². The van der Waals surface area contributed by atoms with E-state index in [0.29, 0.717) is 28.9 Å². The molecule has 1 aliphatic heterocycles. The molecule has 0 saturated carbocycles. The molecular weight excluding hydrogens is 403 g/mol. The molecule has 0 bridgehead atoms. The Morgan fingerprint density at radius 1 is 1.03 bits per heavy atom. The van der Waals surface area contributed by atoms with E-state index in [9.17, 15) is 13.2 Å². The summed E-state index contributed by atoms with van der Waals surface area (Å²) < 4.78 is 44.4. The Labute approximate surface area is 171 Å². The lowest BCUT2D eigenvalue weighted by Gasteiger charge is -2.35. The number of benzene rings is 2. The van der Waals surface area contributed by atoms with Gasteiger partial charge in [0, 0.05) is 6.04 Å². The van der Waals surface area contributed by atoms with Crippen LogP contribution in [-0.4, -0.2) is 21.6 Å². The molecule has 0 radical (unpaired) electrons. The van der Waals surface area contributed by atoms with E-state index in [4.69, 9.17) is 16.0 Å². The molecule has 1 fully saturated rings. The SMILES string of the molecule is FC(F)(F)c1ccc(C2CCCCN2Cc2nnc(-c3ccccc3Cl)o2)cc1. The maximum absolute atomic E-state index is 12.8. The summed E-state index contributed by atoms with van der Waals surface area (Å²) in [5.74, 6) is 0.812. The van der Waals surface area contributed by atoms with Crippen molar-refractivity contribution < 1.29 is 17.6 Å². The molecule has 0 N–H and O–H groups in total. The van der Waals surface area contributed by atoms with Crippen LogP contribution in [0.2, 0.25) is 5.02 Å². The minimum absolute atomic E-state index is 0.0155. The van der Waals surface area contributed by atoms with Crippen LogP contribution in [0.25, 0.3) is 11.5 Å². The molecule has 0 spiro atoms. The Kier molecular flexibility index (Phi) is 5.61. The van der Waals surface area contributed by atoms with Crippen LogP contribution in [0.4, 0.5) is 13.2 Å². The standard InChI is InChI=1S/C21H19ClF3N3O/c22-17-6-2-1-5-16(17)20-27-26-19(29-20)13-28-12-4-3-7-18(28)14-8-10-15(11-9-14)21(23,24)25/h1-2,5-6,8-11,18H,3-4,7,12-13H2. The van der Waals surface area contributed by atoms with E-state index in [1.807, 2.05) is 18.2 Å². The Bertz CT molecular complexity index is 972. The second-order valence-corrected chi connectivity index (χ2v) is 7.49. The zero-order valence-corrected chi connectivity index (χ0v) is 16.2. The zero-order valence-electron chi connectivity index (χ0n) is 15.5. The predicted molar refractivity (Wildman–Crippen MR) is 103 cm³/mol. The van der Waals surface area contributed by atoms with Crippen molar-refractivity contribution in [2.45, 2.75) is 38.0 Å². The lowest BCUT2D eigenvalue weighted by molar-refractivity contribution is -0.137. The molecule has 1 unspecified atom stereocenters. The summed E-state index contributed by atoms with van der Waals surface area (Å²) in [5.41, 5.74) is 0.902. The summed E-state index contributed by atoms with van der Waals surface area (Å²) in [6.07, 6.45) is -1.42. The number of nitrogens with zero attached hydrogens (tertiary/aromatic N) is 3. The third-order valence-corrected chi connectivity index (χ3v) is 5.48. The molecule has 8 heteroatoms. The minimum Gasteiger partial charge on any atom is -0.419 e. The van der Waals surface area contributed by atoms with Crippen molar-refractivity contribution in [2.24, 2.45) is 0 Å². The van der Waals surface area contributed by atoms with Gasteiger partial charge in [-0.05, 0) is 49.2 Å². The molecule has 1 saturated heterocycles. The molecule has 0 amide bonds. The minimum atomic E-state index is -4.33. The summed E-state index contributed by atoms with van der Waals surface area (Å²) in [6, 6.07) is 12.7. The van der Waals surface area contributed by atoms with E-state index >= 15 is 0 Å². The van der Waals surface area contributed by atoms with Crippen LogP contribution >= 0.6 is 11.6 Å². The Morgan fingerprint density at radius 2 is 1.79 bits per heavy atom. The normalized spacial score (nSPS) is 18.1. The highest BCUT2D eigenvalue weighted by molar-refractivity contribution is 6.33. The molecule has 0 aliphatic carbocycles. The number of hydrogen-bond acceptors (Lipinski definition) is 4. The van der Waals surface area contributed by atoms with E-state index < -0.39 is 11.7 Å². The summed E-state index contributed by atoms with van der Waals surface area (Å²) in [5, 5.41) is 8.76. The first-order valence-corrected chi connectivity index (χ1v) is 9.78. The number of halogens is 4. The van der Waals surface area contributed by atoms with Gasteiger partial charge in [-0.15, -0.1) is 10.2 Å². The fraction of sp³-hybridized carbons (Fsp3) is 0.333. The van der Waals surface area contributed by atoms with E-state index in [1.165, 1.54) is 0 Å². The fourth-order valence-electron chi connectivity index (χ4n) is 3.69. The number of rotatable bonds is 4. The van der Waals surface area contributed by atoms with Gasteiger partial charge in [0.1, 0.15) is 0 Å². The van der Waals surface area contributed by atoms with Crippen molar-refractivity contribution in [3.8, 4) is 11.5 Å². The quantitative estimate of drug-likeness (QED) is 0.507. The van der Waals surface area contributed by atoms with Gasteiger partial charge in [0.25, 0.3) is 0 Å².